The van der Waals surface area contributed by atoms with Crippen LogP contribution in [0.1, 0.15) is 11.1 Å². The molecule has 1 aliphatic heterocycles. The van der Waals surface area contributed by atoms with E-state index in [0.717, 1.165) is 14.9 Å². The summed E-state index contributed by atoms with van der Waals surface area (Å²) in [6.07, 6.45) is 1.37. The zero-order valence-corrected chi connectivity index (χ0v) is 21.4. The number of hydrogen-bond acceptors (Lipinski definition) is 5. The fourth-order valence-electron chi connectivity index (χ4n) is 3.35. The number of hydrogen-bond donors (Lipinski definition) is 1. The number of barbiturate groups is 1. The third-order valence-electron chi connectivity index (χ3n) is 5.05. The molecular weight excluding hydrogens is 587 g/mol. The molecule has 0 unspecified atom stereocenters. The third-order valence-corrected chi connectivity index (χ3v) is 6.16. The first kappa shape index (κ1) is 24.6. The summed E-state index contributed by atoms with van der Waals surface area (Å²) in [6, 6.07) is 14.9. The second-order valence-electron chi connectivity index (χ2n) is 7.38. The van der Waals surface area contributed by atoms with Crippen LogP contribution in [-0.4, -0.2) is 25.0 Å². The van der Waals surface area contributed by atoms with Crippen LogP contribution in [0, 0.1) is 5.82 Å². The van der Waals surface area contributed by atoms with Gasteiger partial charge < -0.3 is 9.47 Å². The Balaban J connectivity index is 1.63. The van der Waals surface area contributed by atoms with Crippen LogP contribution < -0.4 is 19.7 Å². The Labute approximate surface area is 216 Å². The van der Waals surface area contributed by atoms with Gasteiger partial charge in [0.25, 0.3) is 11.8 Å². The Morgan fingerprint density at radius 2 is 1.69 bits per heavy atom. The molecule has 10 heteroatoms. The monoisotopic (exact) mass is 602 g/mol. The van der Waals surface area contributed by atoms with E-state index in [9.17, 15) is 18.8 Å². The lowest BCUT2D eigenvalue weighted by Gasteiger charge is -2.26. The molecule has 0 spiro atoms. The Hall–Kier alpha value is -3.50. The van der Waals surface area contributed by atoms with Crippen LogP contribution in [-0.2, 0) is 16.2 Å². The Morgan fingerprint density at radius 3 is 2.34 bits per heavy atom. The largest absolute Gasteiger partial charge is 0.493 e. The van der Waals surface area contributed by atoms with E-state index in [4.69, 9.17) is 9.47 Å². The van der Waals surface area contributed by atoms with E-state index in [1.54, 1.807) is 48.5 Å². The molecule has 1 fully saturated rings. The predicted molar refractivity (Wildman–Crippen MR) is 135 cm³/mol. The Morgan fingerprint density at radius 1 is 1.00 bits per heavy atom. The van der Waals surface area contributed by atoms with Crippen molar-refractivity contribution in [1.82, 2.24) is 5.32 Å². The lowest BCUT2D eigenvalue weighted by molar-refractivity contribution is -0.122. The average molecular weight is 604 g/mol. The first-order chi connectivity index (χ1) is 16.8. The van der Waals surface area contributed by atoms with Gasteiger partial charge in [0.15, 0.2) is 11.5 Å². The molecule has 178 valence electrons. The van der Waals surface area contributed by atoms with Crippen molar-refractivity contribution in [2.45, 2.75) is 6.61 Å². The smallest absolute Gasteiger partial charge is 0.335 e. The molecule has 0 aromatic heterocycles. The van der Waals surface area contributed by atoms with Gasteiger partial charge in [-0.05, 0) is 81.7 Å². The summed E-state index contributed by atoms with van der Waals surface area (Å²) in [7, 11) is 1.45. The highest BCUT2D eigenvalue weighted by Gasteiger charge is 2.36. The van der Waals surface area contributed by atoms with Gasteiger partial charge in [0.05, 0.1) is 17.3 Å². The fraction of sp³-hybridized carbons (Fsp3) is 0.0800. The maximum Gasteiger partial charge on any atom is 0.335 e. The van der Waals surface area contributed by atoms with Crippen molar-refractivity contribution in [1.29, 1.82) is 0 Å². The molecule has 0 bridgehead atoms. The van der Waals surface area contributed by atoms with Crippen LogP contribution in [0.5, 0.6) is 11.5 Å². The van der Waals surface area contributed by atoms with Crippen LogP contribution in [0.15, 0.2) is 75.2 Å². The number of nitrogens with zero attached hydrogens (tertiary/aromatic N) is 1. The molecule has 3 aromatic carbocycles. The lowest BCUT2D eigenvalue weighted by atomic mass is 10.1. The SMILES string of the molecule is COc1cc(/C=C2\C(=O)NC(=O)N(c3ccc(Br)cc3)C2=O)cc(Br)c1OCc1ccc(F)cc1. The maximum atomic E-state index is 13.1. The fourth-order valence-corrected chi connectivity index (χ4v) is 4.19. The number of carbonyl (C=O) groups excluding carboxylic acids is 3. The van der Waals surface area contributed by atoms with Gasteiger partial charge in [-0.25, -0.2) is 14.1 Å². The summed E-state index contributed by atoms with van der Waals surface area (Å²) in [5.74, 6) is -1.16. The molecule has 1 aliphatic rings. The summed E-state index contributed by atoms with van der Waals surface area (Å²) in [6.45, 7) is 0.167. The number of anilines is 1. The minimum absolute atomic E-state index is 0.167. The molecule has 35 heavy (non-hydrogen) atoms. The van der Waals surface area contributed by atoms with Crippen molar-refractivity contribution in [2.75, 3.05) is 12.0 Å². The maximum absolute atomic E-state index is 13.1. The number of carbonyl (C=O) groups is 3. The van der Waals surface area contributed by atoms with Gasteiger partial charge in [-0.3, -0.25) is 14.9 Å². The van der Waals surface area contributed by atoms with Crippen molar-refractivity contribution < 1.29 is 28.2 Å². The van der Waals surface area contributed by atoms with Crippen molar-refractivity contribution >= 4 is 61.5 Å². The molecular formula is C25H17Br2FN2O5. The van der Waals surface area contributed by atoms with Gasteiger partial charge in [-0.2, -0.15) is 0 Å². The van der Waals surface area contributed by atoms with Gasteiger partial charge in [0.2, 0.25) is 0 Å². The van der Waals surface area contributed by atoms with E-state index < -0.39 is 17.8 Å². The summed E-state index contributed by atoms with van der Waals surface area (Å²) in [5.41, 5.74) is 1.32. The van der Waals surface area contributed by atoms with Gasteiger partial charge in [-0.15, -0.1) is 0 Å². The second-order valence-corrected chi connectivity index (χ2v) is 9.15. The van der Waals surface area contributed by atoms with Crippen molar-refractivity contribution in [3.8, 4) is 11.5 Å². The highest BCUT2D eigenvalue weighted by Crippen LogP contribution is 2.38. The molecule has 7 nitrogen and oxygen atoms in total. The van der Waals surface area contributed by atoms with E-state index in [1.807, 2.05) is 0 Å². The first-order valence-corrected chi connectivity index (χ1v) is 11.8. The Bertz CT molecular complexity index is 1340. The zero-order valence-electron chi connectivity index (χ0n) is 18.2. The molecule has 4 rings (SSSR count). The van der Waals surface area contributed by atoms with Crippen LogP contribution in [0.2, 0.25) is 0 Å². The van der Waals surface area contributed by atoms with E-state index in [2.05, 4.69) is 37.2 Å². The van der Waals surface area contributed by atoms with Gasteiger partial charge >= 0.3 is 6.03 Å². The number of rotatable bonds is 6. The van der Waals surface area contributed by atoms with Crippen LogP contribution in [0.25, 0.3) is 6.08 Å². The van der Waals surface area contributed by atoms with E-state index >= 15 is 0 Å². The van der Waals surface area contributed by atoms with Crippen molar-refractivity contribution in [3.63, 3.8) is 0 Å². The van der Waals surface area contributed by atoms with Gasteiger partial charge in [0.1, 0.15) is 18.0 Å². The van der Waals surface area contributed by atoms with Crippen LogP contribution in [0.4, 0.5) is 14.9 Å². The molecule has 1 saturated heterocycles. The second kappa shape index (κ2) is 10.4. The molecule has 4 amide bonds. The number of benzene rings is 3. The molecule has 0 aliphatic carbocycles. The summed E-state index contributed by atoms with van der Waals surface area (Å²) in [4.78, 5) is 38.9. The molecule has 1 heterocycles. The number of methoxy groups -OCH3 is 1. The Kier molecular flexibility index (Phi) is 7.32. The van der Waals surface area contributed by atoms with Crippen molar-refractivity contribution in [3.05, 3.63) is 92.1 Å². The standard InChI is InChI=1S/C25H17Br2FN2O5/c1-34-21-12-15(11-20(27)22(21)35-13-14-2-6-17(28)7-3-14)10-19-23(31)29-25(33)30(24(19)32)18-8-4-16(26)5-9-18/h2-12H,13H2,1H3,(H,29,31,33)/b19-10+. The highest BCUT2D eigenvalue weighted by atomic mass is 79.9. The zero-order chi connectivity index (χ0) is 25.1. The minimum atomic E-state index is -0.831. The number of amides is 4. The normalized spacial score (nSPS) is 14.8. The number of urea groups is 1. The molecule has 0 radical (unpaired) electrons. The third kappa shape index (κ3) is 5.44. The molecule has 1 N–H and O–H groups in total. The predicted octanol–water partition coefficient (Wildman–Crippen LogP) is 5.60. The number of nitrogens with one attached hydrogen (secondary N) is 1. The number of ether oxygens (including phenoxy) is 2. The topological polar surface area (TPSA) is 84.9 Å². The lowest BCUT2D eigenvalue weighted by Crippen LogP contribution is -2.54. The van der Waals surface area contributed by atoms with Gasteiger partial charge in [0, 0.05) is 4.47 Å². The quantitative estimate of drug-likeness (QED) is 0.293. The highest BCUT2D eigenvalue weighted by molar-refractivity contribution is 9.10. The summed E-state index contributed by atoms with van der Waals surface area (Å²) >= 11 is 6.74. The molecule has 0 saturated carbocycles. The summed E-state index contributed by atoms with van der Waals surface area (Å²) < 4.78 is 25.7. The summed E-state index contributed by atoms with van der Waals surface area (Å²) in [5, 5.41) is 2.19. The average Bonchev–Trinajstić information content (AvgIpc) is 2.83. The van der Waals surface area contributed by atoms with E-state index in [0.29, 0.717) is 27.2 Å². The molecule has 3 aromatic rings. The number of imide groups is 2. The minimum Gasteiger partial charge on any atom is -0.493 e. The van der Waals surface area contributed by atoms with E-state index in [1.165, 1.54) is 25.3 Å². The van der Waals surface area contributed by atoms with Crippen LogP contribution in [0.3, 0.4) is 0 Å². The van der Waals surface area contributed by atoms with E-state index in [-0.39, 0.29) is 18.0 Å². The van der Waals surface area contributed by atoms with Crippen molar-refractivity contribution in [2.24, 2.45) is 0 Å². The van der Waals surface area contributed by atoms with Gasteiger partial charge in [-0.1, -0.05) is 28.1 Å². The van der Waals surface area contributed by atoms with Crippen LogP contribution >= 0.6 is 31.9 Å². The first-order valence-electron chi connectivity index (χ1n) is 10.2. The number of halogens is 3. The molecule has 0 atom stereocenters.